The minimum Gasteiger partial charge on any atom is -0.347 e. The molecule has 9 heteroatoms. The first-order valence-electron chi connectivity index (χ1n) is 10.4. The number of carbonyl (C=O) groups is 3. The summed E-state index contributed by atoms with van der Waals surface area (Å²) < 4.78 is 1.27. The third kappa shape index (κ3) is 5.57. The minimum atomic E-state index is -0.902. The summed E-state index contributed by atoms with van der Waals surface area (Å²) in [6, 6.07) is 22.7. The largest absolute Gasteiger partial charge is 0.347 e. The molecule has 7 nitrogen and oxygen atoms in total. The van der Waals surface area contributed by atoms with Crippen LogP contribution < -0.4 is 16.1 Å². The first kappa shape index (κ1) is 23.4. The van der Waals surface area contributed by atoms with Gasteiger partial charge in [-0.2, -0.15) is 0 Å². The second kappa shape index (κ2) is 10.4. The van der Waals surface area contributed by atoms with Crippen LogP contribution in [0.5, 0.6) is 0 Å². The first-order chi connectivity index (χ1) is 16.4. The Kier molecular flexibility index (Phi) is 7.15. The molecule has 1 aromatic heterocycles. The Morgan fingerprint density at radius 1 is 0.794 bits per heavy atom. The van der Waals surface area contributed by atoms with E-state index in [2.05, 4.69) is 16.1 Å². The Bertz CT molecular complexity index is 1350. The molecule has 172 valence electrons. The molecule has 0 fully saturated rings. The first-order valence-corrected chi connectivity index (χ1v) is 11.2. The zero-order valence-corrected chi connectivity index (χ0v) is 19.4. The van der Waals surface area contributed by atoms with Crippen molar-refractivity contribution >= 4 is 57.5 Å². The van der Waals surface area contributed by atoms with Crippen LogP contribution in [0.4, 0.5) is 5.69 Å². The highest BCUT2D eigenvalue weighted by Crippen LogP contribution is 2.24. The molecule has 1 heterocycles. The lowest BCUT2D eigenvalue weighted by atomic mass is 10.1. The van der Waals surface area contributed by atoms with Gasteiger partial charge in [0.1, 0.15) is 5.69 Å². The van der Waals surface area contributed by atoms with E-state index < -0.39 is 17.7 Å². The predicted octanol–water partition coefficient (Wildman–Crippen LogP) is 4.63. The third-order valence-corrected chi connectivity index (χ3v) is 5.55. The molecule has 0 aliphatic rings. The fraction of sp³-hybridized carbons (Fsp3) is 0.0800. The van der Waals surface area contributed by atoms with Crippen molar-refractivity contribution in [2.75, 3.05) is 17.3 Å². The zero-order valence-electron chi connectivity index (χ0n) is 17.8. The number of benzene rings is 3. The van der Waals surface area contributed by atoms with Crippen LogP contribution in [0.3, 0.4) is 0 Å². The number of carbonyl (C=O) groups excluding carboxylic acids is 3. The second-order valence-corrected chi connectivity index (χ2v) is 8.33. The van der Waals surface area contributed by atoms with Gasteiger partial charge in [-0.3, -0.25) is 19.8 Å². The van der Waals surface area contributed by atoms with Gasteiger partial charge >= 0.3 is 11.8 Å². The van der Waals surface area contributed by atoms with Crippen molar-refractivity contribution in [2.24, 2.45) is 0 Å². The van der Waals surface area contributed by atoms with Crippen LogP contribution in [0.1, 0.15) is 16.1 Å². The second-order valence-electron chi connectivity index (χ2n) is 7.46. The van der Waals surface area contributed by atoms with E-state index in [1.807, 2.05) is 30.3 Å². The van der Waals surface area contributed by atoms with Crippen molar-refractivity contribution in [3.63, 3.8) is 0 Å². The van der Waals surface area contributed by atoms with E-state index in [1.54, 1.807) is 48.5 Å². The van der Waals surface area contributed by atoms with Gasteiger partial charge in [0, 0.05) is 27.7 Å². The van der Waals surface area contributed by atoms with E-state index in [1.165, 1.54) is 4.68 Å². The van der Waals surface area contributed by atoms with E-state index >= 15 is 0 Å². The van der Waals surface area contributed by atoms with Gasteiger partial charge in [0.2, 0.25) is 0 Å². The van der Waals surface area contributed by atoms with Crippen LogP contribution in [0.2, 0.25) is 10.0 Å². The van der Waals surface area contributed by atoms with Crippen molar-refractivity contribution in [2.45, 2.75) is 6.42 Å². The van der Waals surface area contributed by atoms with Crippen molar-refractivity contribution in [1.29, 1.82) is 0 Å². The molecule has 3 aromatic carbocycles. The highest BCUT2D eigenvalue weighted by molar-refractivity contribution is 6.38. The number of hydrogen-bond donors (Lipinski definition) is 3. The molecule has 4 aromatic rings. The molecule has 0 atom stereocenters. The Morgan fingerprint density at radius 2 is 1.50 bits per heavy atom. The Hall–Kier alpha value is -3.81. The summed E-state index contributed by atoms with van der Waals surface area (Å²) in [5.74, 6) is -2.20. The molecule has 0 aliphatic heterocycles. The molecule has 3 amide bonds. The monoisotopic (exact) mass is 494 g/mol. The summed E-state index contributed by atoms with van der Waals surface area (Å²) in [5.41, 5.74) is 4.71. The van der Waals surface area contributed by atoms with Gasteiger partial charge in [0.05, 0.1) is 5.52 Å². The molecule has 0 spiro atoms. The fourth-order valence-corrected chi connectivity index (χ4v) is 3.71. The lowest BCUT2D eigenvalue weighted by Crippen LogP contribution is -2.40. The number of anilines is 1. The van der Waals surface area contributed by atoms with Crippen molar-refractivity contribution in [3.8, 4) is 0 Å². The molecule has 4 rings (SSSR count). The molecule has 0 saturated heterocycles. The predicted molar refractivity (Wildman–Crippen MR) is 134 cm³/mol. The van der Waals surface area contributed by atoms with E-state index in [4.69, 9.17) is 23.2 Å². The maximum atomic E-state index is 13.0. The molecule has 34 heavy (non-hydrogen) atoms. The Balaban J connectivity index is 1.51. The number of halogens is 2. The lowest BCUT2D eigenvalue weighted by Gasteiger charge is -2.13. The number of fused-ring (bicyclic) bond motifs is 1. The third-order valence-electron chi connectivity index (χ3n) is 5.06. The summed E-state index contributed by atoms with van der Waals surface area (Å²) in [7, 11) is 0. The van der Waals surface area contributed by atoms with Gasteiger partial charge in [0.15, 0.2) is 0 Å². The molecule has 0 bridgehead atoms. The van der Waals surface area contributed by atoms with Gasteiger partial charge in [-0.05, 0) is 60.5 Å². The summed E-state index contributed by atoms with van der Waals surface area (Å²) in [5, 5.41) is 6.98. The topological polar surface area (TPSA) is 92.2 Å². The van der Waals surface area contributed by atoms with Crippen LogP contribution in [-0.2, 0) is 16.0 Å². The fourth-order valence-electron chi connectivity index (χ4n) is 3.40. The van der Waals surface area contributed by atoms with Crippen LogP contribution in [0.15, 0.2) is 78.9 Å². The molecule has 0 unspecified atom stereocenters. The minimum absolute atomic E-state index is 0.123. The lowest BCUT2D eigenvalue weighted by molar-refractivity contribution is -0.136. The van der Waals surface area contributed by atoms with Gasteiger partial charge in [0.25, 0.3) is 5.91 Å². The average Bonchev–Trinajstić information content (AvgIpc) is 3.18. The van der Waals surface area contributed by atoms with E-state index in [0.29, 0.717) is 39.6 Å². The summed E-state index contributed by atoms with van der Waals surface area (Å²) >= 11 is 12.0. The number of aromatic nitrogens is 1. The standard InChI is InChI=1S/C25H20Cl2N4O3/c26-18-6-9-20(10-7-18)29-23(32)22-15-17-14-19(27)8-11-21(17)31(22)30-25(34)24(33)28-13-12-16-4-2-1-3-5-16/h1-11,14-15H,12-13H2,(H,28,33)(H,29,32)(H,30,34). The van der Waals surface area contributed by atoms with Crippen LogP contribution in [0, 0.1) is 0 Å². The number of hydrogen-bond acceptors (Lipinski definition) is 3. The maximum absolute atomic E-state index is 13.0. The number of amides is 3. The number of nitrogens with zero attached hydrogens (tertiary/aromatic N) is 1. The smallest absolute Gasteiger partial charge is 0.328 e. The zero-order chi connectivity index (χ0) is 24.1. The van der Waals surface area contributed by atoms with Crippen LogP contribution in [-0.4, -0.2) is 28.9 Å². The van der Waals surface area contributed by atoms with Crippen LogP contribution in [0.25, 0.3) is 10.9 Å². The van der Waals surface area contributed by atoms with Gasteiger partial charge in [-0.15, -0.1) is 0 Å². The SMILES string of the molecule is O=C(NCCc1ccccc1)C(=O)Nn1c(C(=O)Nc2ccc(Cl)cc2)cc2cc(Cl)ccc21. The molecular formula is C25H20Cl2N4O3. The molecule has 0 saturated carbocycles. The van der Waals surface area contributed by atoms with Gasteiger partial charge < -0.3 is 10.6 Å². The molecule has 0 radical (unpaired) electrons. The van der Waals surface area contributed by atoms with Crippen molar-refractivity contribution in [1.82, 2.24) is 9.99 Å². The summed E-state index contributed by atoms with van der Waals surface area (Å²) in [6.07, 6.45) is 0.583. The van der Waals surface area contributed by atoms with Gasteiger partial charge in [-0.1, -0.05) is 53.5 Å². The maximum Gasteiger partial charge on any atom is 0.328 e. The number of nitrogens with one attached hydrogen (secondary N) is 3. The van der Waals surface area contributed by atoms with Gasteiger partial charge in [-0.25, -0.2) is 4.68 Å². The Labute approximate surface area is 205 Å². The van der Waals surface area contributed by atoms with Crippen molar-refractivity contribution < 1.29 is 14.4 Å². The average molecular weight is 495 g/mol. The molecule has 3 N–H and O–H groups in total. The number of rotatable bonds is 6. The molecular weight excluding hydrogens is 475 g/mol. The van der Waals surface area contributed by atoms with E-state index in [-0.39, 0.29) is 5.69 Å². The van der Waals surface area contributed by atoms with Crippen molar-refractivity contribution in [3.05, 3.63) is 100 Å². The summed E-state index contributed by atoms with van der Waals surface area (Å²) in [4.78, 5) is 38.0. The highest BCUT2D eigenvalue weighted by Gasteiger charge is 2.21. The van der Waals surface area contributed by atoms with E-state index in [9.17, 15) is 14.4 Å². The quantitative estimate of drug-likeness (QED) is 0.341. The Morgan fingerprint density at radius 3 is 2.24 bits per heavy atom. The molecule has 0 aliphatic carbocycles. The normalized spacial score (nSPS) is 10.6. The van der Waals surface area contributed by atoms with E-state index in [0.717, 1.165) is 5.56 Å². The summed E-state index contributed by atoms with van der Waals surface area (Å²) in [6.45, 7) is 0.294. The highest BCUT2D eigenvalue weighted by atomic mass is 35.5. The van der Waals surface area contributed by atoms with Crippen LogP contribution >= 0.6 is 23.2 Å².